The van der Waals surface area contributed by atoms with Crippen molar-refractivity contribution in [1.82, 2.24) is 40.0 Å². The summed E-state index contributed by atoms with van der Waals surface area (Å²) in [7, 11) is 0. The third kappa shape index (κ3) is 10.6. The molecule has 0 fully saturated rings. The highest BCUT2D eigenvalue weighted by atomic mass is 16.4. The van der Waals surface area contributed by atoms with Crippen LogP contribution in [0.3, 0.4) is 0 Å². The van der Waals surface area contributed by atoms with Gasteiger partial charge in [0, 0.05) is 36.9 Å². The van der Waals surface area contributed by atoms with E-state index in [9.17, 15) is 44.1 Å². The molecule has 0 bridgehead atoms. The van der Waals surface area contributed by atoms with Crippen LogP contribution in [0, 0.1) is 5.41 Å². The lowest BCUT2D eigenvalue weighted by atomic mass is 9.72. The average molecular weight is 651 g/mol. The summed E-state index contributed by atoms with van der Waals surface area (Å²) in [6.07, 6.45) is 6.76. The standard InChI is InChI=1S/C28H42N8O10/c1-27(2,25(45)31-8-6-5-7-18(24(43)44)33-26(46)32-13-21(37)38)28(3,4)36(14-19-29-9-11-34(19)16-22(39)40)15-20-30-10-12-35(20)17-23(41)42/h9-12,18H,5-8,13-17H2,1-4H3,(H,31,45)(H,37,38)(H,39,40)(H,41,42)(H,43,44)(H2,32,33,46). The molecule has 2 aromatic heterocycles. The molecule has 2 heterocycles. The van der Waals surface area contributed by atoms with Crippen LogP contribution < -0.4 is 16.0 Å². The monoisotopic (exact) mass is 650 g/mol. The number of aliphatic carboxylic acids is 4. The summed E-state index contributed by atoms with van der Waals surface area (Å²) in [5, 5.41) is 43.8. The van der Waals surface area contributed by atoms with Gasteiger partial charge in [0.1, 0.15) is 37.3 Å². The van der Waals surface area contributed by atoms with Gasteiger partial charge in [-0.3, -0.25) is 24.1 Å². The Balaban J connectivity index is 2.14. The number of aromatic nitrogens is 4. The van der Waals surface area contributed by atoms with E-state index >= 15 is 0 Å². The number of carboxylic acid groups (broad SMARTS) is 4. The molecule has 1 unspecified atom stereocenters. The summed E-state index contributed by atoms with van der Waals surface area (Å²) < 4.78 is 2.94. The molecule has 0 aliphatic carbocycles. The van der Waals surface area contributed by atoms with Crippen LogP contribution in [0.5, 0.6) is 0 Å². The number of urea groups is 1. The quantitative estimate of drug-likeness (QED) is 0.0945. The maximum absolute atomic E-state index is 13.6. The number of carbonyl (C=O) groups is 6. The van der Waals surface area contributed by atoms with Gasteiger partial charge in [-0.15, -0.1) is 0 Å². The normalized spacial score (nSPS) is 12.4. The van der Waals surface area contributed by atoms with E-state index in [1.54, 1.807) is 13.8 Å². The molecule has 0 radical (unpaired) electrons. The topological polar surface area (TPSA) is 258 Å². The Morgan fingerprint density at radius 1 is 0.804 bits per heavy atom. The predicted molar refractivity (Wildman–Crippen MR) is 159 cm³/mol. The number of rotatable bonds is 20. The van der Waals surface area contributed by atoms with Gasteiger partial charge >= 0.3 is 29.9 Å². The lowest BCUT2D eigenvalue weighted by Crippen LogP contribution is -2.59. The summed E-state index contributed by atoms with van der Waals surface area (Å²) in [6.45, 7) is 6.23. The van der Waals surface area contributed by atoms with Crippen molar-refractivity contribution in [3.05, 3.63) is 36.4 Å². The Bertz CT molecular complexity index is 1340. The Labute approximate surface area is 264 Å². The number of amides is 3. The molecular weight excluding hydrogens is 608 g/mol. The fourth-order valence-electron chi connectivity index (χ4n) is 4.55. The van der Waals surface area contributed by atoms with Gasteiger partial charge in [-0.1, -0.05) is 0 Å². The number of hydrogen-bond donors (Lipinski definition) is 7. The van der Waals surface area contributed by atoms with Crippen molar-refractivity contribution >= 4 is 35.8 Å². The minimum atomic E-state index is -1.29. The maximum atomic E-state index is 13.6. The third-order valence-corrected chi connectivity index (χ3v) is 7.98. The Morgan fingerprint density at radius 2 is 1.33 bits per heavy atom. The SMILES string of the molecule is CC(C)(C(=O)NCCCCC(NC(=O)NCC(=O)O)C(=O)O)C(C)(C)N(Cc1nccn1CC(=O)O)Cc1nccn1CC(=O)O. The zero-order chi connectivity index (χ0) is 34.7. The van der Waals surface area contributed by atoms with Crippen LogP contribution in [0.2, 0.25) is 0 Å². The van der Waals surface area contributed by atoms with Crippen LogP contribution in [0.4, 0.5) is 4.79 Å². The number of hydrogen-bond acceptors (Lipinski definition) is 9. The maximum Gasteiger partial charge on any atom is 0.326 e. The van der Waals surface area contributed by atoms with Gasteiger partial charge in [-0.2, -0.15) is 0 Å². The van der Waals surface area contributed by atoms with Crippen molar-refractivity contribution in [3.63, 3.8) is 0 Å². The van der Waals surface area contributed by atoms with E-state index in [1.807, 2.05) is 24.1 Å². The van der Waals surface area contributed by atoms with Crippen LogP contribution in [-0.2, 0) is 50.2 Å². The molecule has 0 aromatic carbocycles. The molecule has 0 spiro atoms. The van der Waals surface area contributed by atoms with E-state index in [0.717, 1.165) is 0 Å². The zero-order valence-corrected chi connectivity index (χ0v) is 26.2. The van der Waals surface area contributed by atoms with Gasteiger partial charge < -0.3 is 45.5 Å². The molecule has 46 heavy (non-hydrogen) atoms. The lowest BCUT2D eigenvalue weighted by Gasteiger charge is -2.48. The Morgan fingerprint density at radius 3 is 1.78 bits per heavy atom. The van der Waals surface area contributed by atoms with Gasteiger partial charge in [-0.25, -0.2) is 19.6 Å². The second kappa shape index (κ2) is 16.4. The molecule has 254 valence electrons. The molecule has 3 amide bonds. The first-order valence-corrected chi connectivity index (χ1v) is 14.4. The van der Waals surface area contributed by atoms with E-state index in [2.05, 4.69) is 20.6 Å². The van der Waals surface area contributed by atoms with Crippen molar-refractivity contribution in [2.75, 3.05) is 13.1 Å². The second-order valence-electron chi connectivity index (χ2n) is 11.6. The second-order valence-corrected chi connectivity index (χ2v) is 11.6. The van der Waals surface area contributed by atoms with E-state index in [1.165, 1.54) is 33.9 Å². The smallest absolute Gasteiger partial charge is 0.326 e. The molecule has 0 aliphatic rings. The molecule has 7 N–H and O–H groups in total. The minimum absolute atomic E-state index is 0.0420. The first-order valence-electron chi connectivity index (χ1n) is 14.4. The molecule has 2 aromatic rings. The molecule has 18 heteroatoms. The largest absolute Gasteiger partial charge is 0.480 e. The van der Waals surface area contributed by atoms with Crippen molar-refractivity contribution in [1.29, 1.82) is 0 Å². The number of carboxylic acids is 4. The number of carbonyl (C=O) groups excluding carboxylic acids is 2. The van der Waals surface area contributed by atoms with E-state index in [0.29, 0.717) is 24.5 Å². The number of unbranched alkanes of at least 4 members (excludes halogenated alkanes) is 1. The van der Waals surface area contributed by atoms with Crippen molar-refractivity contribution in [2.24, 2.45) is 5.41 Å². The van der Waals surface area contributed by atoms with Crippen LogP contribution in [0.25, 0.3) is 0 Å². The van der Waals surface area contributed by atoms with Gasteiger partial charge in [0.2, 0.25) is 5.91 Å². The molecular formula is C28H42N8O10. The van der Waals surface area contributed by atoms with E-state index in [4.69, 9.17) is 5.11 Å². The van der Waals surface area contributed by atoms with Crippen molar-refractivity contribution in [2.45, 2.75) is 84.7 Å². The Kier molecular flexibility index (Phi) is 13.2. The van der Waals surface area contributed by atoms with Crippen LogP contribution >= 0.6 is 0 Å². The zero-order valence-electron chi connectivity index (χ0n) is 26.2. The highest BCUT2D eigenvalue weighted by Gasteiger charge is 2.47. The van der Waals surface area contributed by atoms with Gasteiger partial charge in [0.15, 0.2) is 0 Å². The van der Waals surface area contributed by atoms with E-state index in [-0.39, 0.29) is 45.1 Å². The van der Waals surface area contributed by atoms with Gasteiger partial charge in [0.25, 0.3) is 0 Å². The fraction of sp³-hybridized carbons (Fsp3) is 0.571. The van der Waals surface area contributed by atoms with Gasteiger partial charge in [-0.05, 0) is 47.0 Å². The summed E-state index contributed by atoms with van der Waals surface area (Å²) in [6, 6.07) is -2.18. The third-order valence-electron chi connectivity index (χ3n) is 7.98. The fourth-order valence-corrected chi connectivity index (χ4v) is 4.55. The number of nitrogens with zero attached hydrogens (tertiary/aromatic N) is 5. The molecule has 1 atom stereocenters. The number of nitrogens with one attached hydrogen (secondary N) is 3. The molecule has 0 saturated carbocycles. The van der Waals surface area contributed by atoms with Crippen LogP contribution in [0.1, 0.15) is 58.6 Å². The predicted octanol–water partition coefficient (Wildman–Crippen LogP) is 0.179. The molecule has 0 aliphatic heterocycles. The van der Waals surface area contributed by atoms with Gasteiger partial charge in [0.05, 0.1) is 18.5 Å². The highest BCUT2D eigenvalue weighted by Crippen LogP contribution is 2.38. The summed E-state index contributed by atoms with van der Waals surface area (Å²) >= 11 is 0. The highest BCUT2D eigenvalue weighted by molar-refractivity contribution is 5.85. The van der Waals surface area contributed by atoms with E-state index < -0.39 is 53.4 Å². The lowest BCUT2D eigenvalue weighted by molar-refractivity contribution is -0.140. The van der Waals surface area contributed by atoms with Crippen molar-refractivity contribution in [3.8, 4) is 0 Å². The molecule has 0 saturated heterocycles. The summed E-state index contributed by atoms with van der Waals surface area (Å²) in [4.78, 5) is 80.8. The first kappa shape index (κ1) is 37.2. The summed E-state index contributed by atoms with van der Waals surface area (Å²) in [5.74, 6) is -4.18. The Hall–Kier alpha value is -5.00. The first-order chi connectivity index (χ1) is 21.4. The summed E-state index contributed by atoms with van der Waals surface area (Å²) in [5.41, 5.74) is -2.03. The average Bonchev–Trinajstić information content (AvgIpc) is 3.58. The molecule has 2 rings (SSSR count). The molecule has 18 nitrogen and oxygen atoms in total. The van der Waals surface area contributed by atoms with Crippen molar-refractivity contribution < 1.29 is 49.2 Å². The number of imidazole rings is 2. The minimum Gasteiger partial charge on any atom is -0.480 e. The van der Waals surface area contributed by atoms with Crippen LogP contribution in [-0.4, -0.2) is 105 Å². The van der Waals surface area contributed by atoms with Crippen LogP contribution in [0.15, 0.2) is 24.8 Å².